The molecule has 0 aliphatic carbocycles. The first-order valence-electron chi connectivity index (χ1n) is 7.69. The number of thioether (sulfide) groups is 1. The number of hydrogen-bond acceptors (Lipinski definition) is 6. The molecular weight excluding hydrogens is 320 g/mol. The van der Waals surface area contributed by atoms with E-state index in [9.17, 15) is 8.78 Å². The molecular formula is C15H21F2N5S. The van der Waals surface area contributed by atoms with Gasteiger partial charge >= 0.3 is 0 Å². The Morgan fingerprint density at radius 3 is 2.61 bits per heavy atom. The van der Waals surface area contributed by atoms with Crippen LogP contribution in [0.1, 0.15) is 18.5 Å². The van der Waals surface area contributed by atoms with Crippen molar-refractivity contribution in [3.05, 3.63) is 35.4 Å². The van der Waals surface area contributed by atoms with Crippen molar-refractivity contribution >= 4 is 16.9 Å². The van der Waals surface area contributed by atoms with Crippen LogP contribution in [0.25, 0.3) is 0 Å². The lowest BCUT2D eigenvalue weighted by molar-refractivity contribution is 0.142. The van der Waals surface area contributed by atoms with Gasteiger partial charge in [-0.25, -0.2) is 8.78 Å². The molecule has 2 heterocycles. The second-order valence-corrected chi connectivity index (χ2v) is 6.75. The molecule has 23 heavy (non-hydrogen) atoms. The van der Waals surface area contributed by atoms with Crippen LogP contribution in [-0.2, 0) is 0 Å². The van der Waals surface area contributed by atoms with E-state index in [1.165, 1.54) is 12.1 Å². The highest BCUT2D eigenvalue weighted by Gasteiger charge is 2.28. The number of hydrogen-bond donors (Lipinski definition) is 2. The number of hydrazone groups is 1. The van der Waals surface area contributed by atoms with Crippen LogP contribution >= 0.6 is 11.8 Å². The molecule has 5 nitrogen and oxygen atoms in total. The highest BCUT2D eigenvalue weighted by molar-refractivity contribution is 8.14. The minimum Gasteiger partial charge on any atom is -0.347 e. The fourth-order valence-corrected chi connectivity index (χ4v) is 3.70. The molecule has 1 fully saturated rings. The molecule has 2 aliphatic heterocycles. The van der Waals surface area contributed by atoms with Gasteiger partial charge in [0.05, 0.1) is 0 Å². The van der Waals surface area contributed by atoms with E-state index in [-0.39, 0.29) is 11.5 Å². The average Bonchev–Trinajstić information content (AvgIpc) is 3.06. The van der Waals surface area contributed by atoms with E-state index in [0.29, 0.717) is 0 Å². The van der Waals surface area contributed by atoms with Gasteiger partial charge in [-0.2, -0.15) is 5.10 Å². The number of halogens is 2. The Morgan fingerprint density at radius 1 is 1.26 bits per heavy atom. The Hall–Kier alpha value is -1.38. The van der Waals surface area contributed by atoms with Crippen LogP contribution in [0.4, 0.5) is 8.78 Å². The molecule has 0 amide bonds. The smallest absolute Gasteiger partial charge is 0.186 e. The van der Waals surface area contributed by atoms with Gasteiger partial charge in [0.15, 0.2) is 16.8 Å². The molecule has 0 bridgehead atoms. The lowest BCUT2D eigenvalue weighted by Gasteiger charge is -2.38. The van der Waals surface area contributed by atoms with Crippen LogP contribution in [-0.4, -0.2) is 53.7 Å². The maximum Gasteiger partial charge on any atom is 0.186 e. The van der Waals surface area contributed by atoms with Crippen molar-refractivity contribution in [1.29, 1.82) is 0 Å². The summed E-state index contributed by atoms with van der Waals surface area (Å²) in [5, 5.41) is 8.47. The van der Waals surface area contributed by atoms with Gasteiger partial charge in [-0.1, -0.05) is 6.07 Å². The summed E-state index contributed by atoms with van der Waals surface area (Å²) in [5.74, 6) is -1.58. The van der Waals surface area contributed by atoms with Gasteiger partial charge < -0.3 is 4.90 Å². The third-order valence-corrected chi connectivity index (χ3v) is 5.46. The standard InChI is InChI=1S/C15H21F2N5S/c1-10(11-3-4-12(16)13(17)9-11)21-5-7-22(8-6-21)15-20-19-14(18-2)23-15/h3-4,9-10,14,18-19H,5-8H2,1-2H3. The topological polar surface area (TPSA) is 42.9 Å². The first-order valence-corrected chi connectivity index (χ1v) is 8.57. The summed E-state index contributed by atoms with van der Waals surface area (Å²) in [6.45, 7) is 5.51. The Morgan fingerprint density at radius 2 is 2.00 bits per heavy atom. The molecule has 2 aliphatic rings. The molecule has 2 unspecified atom stereocenters. The SMILES string of the molecule is CNC1NN=C(N2CCN(C(C)c3ccc(F)c(F)c3)CC2)S1. The van der Waals surface area contributed by atoms with Crippen LogP contribution in [0.15, 0.2) is 23.3 Å². The summed E-state index contributed by atoms with van der Waals surface area (Å²) in [5.41, 5.74) is 3.97. The van der Waals surface area contributed by atoms with Crippen molar-refractivity contribution in [3.63, 3.8) is 0 Å². The van der Waals surface area contributed by atoms with Crippen LogP contribution in [0, 0.1) is 11.6 Å². The fourth-order valence-electron chi connectivity index (χ4n) is 2.82. The summed E-state index contributed by atoms with van der Waals surface area (Å²) in [6.07, 6.45) is 0. The number of nitrogens with zero attached hydrogens (tertiary/aromatic N) is 3. The summed E-state index contributed by atoms with van der Waals surface area (Å²) in [7, 11) is 1.89. The zero-order chi connectivity index (χ0) is 16.4. The second kappa shape index (κ2) is 7.02. The molecule has 2 N–H and O–H groups in total. The number of amidine groups is 1. The molecule has 2 atom stereocenters. The highest BCUT2D eigenvalue weighted by atomic mass is 32.2. The van der Waals surface area contributed by atoms with Crippen LogP contribution in [0.2, 0.25) is 0 Å². The van der Waals surface area contributed by atoms with Crippen molar-refractivity contribution < 1.29 is 8.78 Å². The Labute approximate surface area is 139 Å². The predicted octanol–water partition coefficient (Wildman–Crippen LogP) is 1.75. The quantitative estimate of drug-likeness (QED) is 0.877. The maximum atomic E-state index is 13.4. The lowest BCUT2D eigenvalue weighted by atomic mass is 10.1. The molecule has 0 spiro atoms. The summed E-state index contributed by atoms with van der Waals surface area (Å²) in [6, 6.07) is 4.22. The van der Waals surface area contributed by atoms with E-state index >= 15 is 0 Å². The molecule has 1 saturated heterocycles. The van der Waals surface area contributed by atoms with Crippen molar-refractivity contribution in [2.24, 2.45) is 5.10 Å². The fraction of sp³-hybridized carbons (Fsp3) is 0.533. The Bertz CT molecular complexity index is 589. The monoisotopic (exact) mass is 341 g/mol. The molecule has 1 aromatic carbocycles. The minimum absolute atomic E-state index is 0.0635. The van der Waals surface area contributed by atoms with E-state index in [1.54, 1.807) is 17.8 Å². The third-order valence-electron chi connectivity index (χ3n) is 4.32. The molecule has 0 radical (unpaired) electrons. The first-order chi connectivity index (χ1) is 11.1. The Kier molecular flexibility index (Phi) is 5.03. The zero-order valence-electron chi connectivity index (χ0n) is 13.2. The zero-order valence-corrected chi connectivity index (χ0v) is 14.0. The molecule has 126 valence electrons. The number of piperazine rings is 1. The van der Waals surface area contributed by atoms with E-state index < -0.39 is 11.6 Å². The largest absolute Gasteiger partial charge is 0.347 e. The average molecular weight is 341 g/mol. The van der Waals surface area contributed by atoms with Crippen molar-refractivity contribution in [1.82, 2.24) is 20.5 Å². The van der Waals surface area contributed by atoms with Crippen LogP contribution < -0.4 is 10.7 Å². The van der Waals surface area contributed by atoms with Gasteiger partial charge in [0.2, 0.25) is 0 Å². The summed E-state index contributed by atoms with van der Waals surface area (Å²) >= 11 is 1.67. The molecule has 1 aromatic rings. The normalized spacial score (nSPS) is 23.6. The minimum atomic E-state index is -0.798. The van der Waals surface area contributed by atoms with Crippen LogP contribution in [0.5, 0.6) is 0 Å². The molecule has 3 rings (SSSR count). The van der Waals surface area contributed by atoms with Crippen molar-refractivity contribution in [3.8, 4) is 0 Å². The van der Waals surface area contributed by atoms with E-state index in [4.69, 9.17) is 0 Å². The van der Waals surface area contributed by atoms with E-state index in [0.717, 1.165) is 36.9 Å². The summed E-state index contributed by atoms with van der Waals surface area (Å²) in [4.78, 5) is 4.54. The Balaban J connectivity index is 1.57. The first kappa shape index (κ1) is 16.5. The summed E-state index contributed by atoms with van der Waals surface area (Å²) < 4.78 is 26.5. The predicted molar refractivity (Wildman–Crippen MR) is 88.9 cm³/mol. The van der Waals surface area contributed by atoms with E-state index in [2.05, 4.69) is 25.6 Å². The molecule has 0 saturated carbocycles. The number of nitrogens with one attached hydrogen (secondary N) is 2. The number of rotatable bonds is 3. The van der Waals surface area contributed by atoms with E-state index in [1.807, 2.05) is 14.0 Å². The van der Waals surface area contributed by atoms with Gasteiger partial charge in [0.1, 0.15) is 5.50 Å². The highest BCUT2D eigenvalue weighted by Crippen LogP contribution is 2.25. The maximum absolute atomic E-state index is 13.4. The van der Waals surface area contributed by atoms with Crippen molar-refractivity contribution in [2.75, 3.05) is 33.2 Å². The van der Waals surface area contributed by atoms with Gasteiger partial charge in [0, 0.05) is 32.2 Å². The number of benzene rings is 1. The third kappa shape index (κ3) is 3.59. The molecule has 0 aromatic heterocycles. The van der Waals surface area contributed by atoms with Crippen LogP contribution in [0.3, 0.4) is 0 Å². The van der Waals surface area contributed by atoms with Crippen molar-refractivity contribution in [2.45, 2.75) is 18.5 Å². The molecule has 8 heteroatoms. The second-order valence-electron chi connectivity index (χ2n) is 5.68. The van der Waals surface area contributed by atoms with Gasteiger partial charge in [-0.15, -0.1) is 0 Å². The van der Waals surface area contributed by atoms with Gasteiger partial charge in [0.25, 0.3) is 0 Å². The van der Waals surface area contributed by atoms with Gasteiger partial charge in [-0.3, -0.25) is 15.6 Å². The van der Waals surface area contributed by atoms with Gasteiger partial charge in [-0.05, 0) is 43.4 Å². The lowest BCUT2D eigenvalue weighted by Crippen LogP contribution is -2.48.